The second-order valence-corrected chi connectivity index (χ2v) is 5.08. The Morgan fingerprint density at radius 1 is 1.25 bits per heavy atom. The number of halogens is 1. The molecular weight excluding hydrogens is 315 g/mol. The second-order valence-electron chi connectivity index (χ2n) is 5.08. The maximum absolute atomic E-state index is 13.5. The van der Waals surface area contributed by atoms with E-state index in [1.165, 1.54) is 36.7 Å². The minimum Gasteiger partial charge on any atom is -0.472 e. The molecule has 1 aromatic heterocycles. The zero-order valence-electron chi connectivity index (χ0n) is 13.3. The summed E-state index contributed by atoms with van der Waals surface area (Å²) in [5, 5.41) is 2.49. The van der Waals surface area contributed by atoms with Crippen LogP contribution in [-0.2, 0) is 9.53 Å². The SMILES string of the molecule is COCCN(CCC(=O)Nc1ccccc1F)C(=O)c1ccoc1. The molecule has 1 heterocycles. The summed E-state index contributed by atoms with van der Waals surface area (Å²) in [6.45, 7) is 0.875. The monoisotopic (exact) mass is 334 g/mol. The summed E-state index contributed by atoms with van der Waals surface area (Å²) in [6, 6.07) is 7.48. The van der Waals surface area contributed by atoms with Crippen molar-refractivity contribution in [3.05, 3.63) is 54.2 Å². The van der Waals surface area contributed by atoms with Crippen LogP contribution in [0, 0.1) is 5.82 Å². The molecule has 2 aromatic rings. The van der Waals surface area contributed by atoms with E-state index in [2.05, 4.69) is 5.32 Å². The zero-order chi connectivity index (χ0) is 17.4. The highest BCUT2D eigenvalue weighted by atomic mass is 19.1. The van der Waals surface area contributed by atoms with Gasteiger partial charge in [-0.25, -0.2) is 4.39 Å². The third-order valence-electron chi connectivity index (χ3n) is 3.38. The Balaban J connectivity index is 1.93. The molecule has 0 unspecified atom stereocenters. The third-order valence-corrected chi connectivity index (χ3v) is 3.38. The lowest BCUT2D eigenvalue weighted by Crippen LogP contribution is -2.36. The van der Waals surface area contributed by atoms with E-state index in [4.69, 9.17) is 9.15 Å². The predicted molar refractivity (Wildman–Crippen MR) is 86.1 cm³/mol. The van der Waals surface area contributed by atoms with Crippen LogP contribution in [-0.4, -0.2) is 43.5 Å². The second kappa shape index (κ2) is 8.83. The van der Waals surface area contributed by atoms with Crippen molar-refractivity contribution in [2.45, 2.75) is 6.42 Å². The molecule has 0 spiro atoms. The first-order valence-electron chi connectivity index (χ1n) is 7.46. The first-order valence-corrected chi connectivity index (χ1v) is 7.46. The topological polar surface area (TPSA) is 71.8 Å². The average molecular weight is 334 g/mol. The summed E-state index contributed by atoms with van der Waals surface area (Å²) in [6.07, 6.45) is 2.80. The Morgan fingerprint density at radius 2 is 2.04 bits per heavy atom. The van der Waals surface area contributed by atoms with Gasteiger partial charge in [-0.2, -0.15) is 0 Å². The molecule has 2 amide bonds. The quantitative estimate of drug-likeness (QED) is 0.805. The number of hydrogen-bond acceptors (Lipinski definition) is 4. The number of para-hydroxylation sites is 1. The number of carbonyl (C=O) groups excluding carboxylic acids is 2. The number of ether oxygens (including phenoxy) is 1. The van der Waals surface area contributed by atoms with Crippen LogP contribution in [0.25, 0.3) is 0 Å². The highest BCUT2D eigenvalue weighted by Gasteiger charge is 2.18. The van der Waals surface area contributed by atoms with Gasteiger partial charge in [0, 0.05) is 26.6 Å². The fourth-order valence-corrected chi connectivity index (χ4v) is 2.10. The number of nitrogens with one attached hydrogen (secondary N) is 1. The van der Waals surface area contributed by atoms with E-state index in [1.54, 1.807) is 18.2 Å². The number of hydrogen-bond donors (Lipinski definition) is 1. The smallest absolute Gasteiger partial charge is 0.257 e. The van der Waals surface area contributed by atoms with E-state index in [1.807, 2.05) is 0 Å². The number of benzene rings is 1. The normalized spacial score (nSPS) is 10.4. The minimum absolute atomic E-state index is 0.0433. The molecule has 1 aromatic carbocycles. The maximum Gasteiger partial charge on any atom is 0.257 e. The van der Waals surface area contributed by atoms with E-state index < -0.39 is 5.82 Å². The van der Waals surface area contributed by atoms with Gasteiger partial charge >= 0.3 is 0 Å². The molecule has 0 aliphatic heterocycles. The number of methoxy groups -OCH3 is 1. The average Bonchev–Trinajstić information content (AvgIpc) is 3.11. The molecule has 0 saturated carbocycles. The number of anilines is 1. The molecule has 2 rings (SSSR count). The van der Waals surface area contributed by atoms with Gasteiger partial charge in [0.25, 0.3) is 5.91 Å². The largest absolute Gasteiger partial charge is 0.472 e. The van der Waals surface area contributed by atoms with Gasteiger partial charge in [0.15, 0.2) is 0 Å². The van der Waals surface area contributed by atoms with Gasteiger partial charge in [-0.15, -0.1) is 0 Å². The summed E-state index contributed by atoms with van der Waals surface area (Å²) in [5.41, 5.74) is 0.521. The summed E-state index contributed by atoms with van der Waals surface area (Å²) < 4.78 is 23.4. The molecule has 0 fully saturated rings. The molecule has 0 aliphatic rings. The van der Waals surface area contributed by atoms with E-state index >= 15 is 0 Å². The fraction of sp³-hybridized carbons (Fsp3) is 0.294. The Kier molecular flexibility index (Phi) is 6.51. The van der Waals surface area contributed by atoms with Crippen LogP contribution in [0.3, 0.4) is 0 Å². The van der Waals surface area contributed by atoms with E-state index in [0.717, 1.165) is 0 Å². The highest BCUT2D eigenvalue weighted by Crippen LogP contribution is 2.13. The molecule has 0 saturated heterocycles. The lowest BCUT2D eigenvalue weighted by Gasteiger charge is -2.21. The first-order chi connectivity index (χ1) is 11.6. The maximum atomic E-state index is 13.5. The Morgan fingerprint density at radius 3 is 2.71 bits per heavy atom. The van der Waals surface area contributed by atoms with Crippen LogP contribution in [0.1, 0.15) is 16.8 Å². The van der Waals surface area contributed by atoms with Crippen molar-refractivity contribution < 1.29 is 23.1 Å². The van der Waals surface area contributed by atoms with Crippen molar-refractivity contribution in [1.82, 2.24) is 4.90 Å². The Labute approximate surface area is 139 Å². The van der Waals surface area contributed by atoms with Gasteiger partial charge in [0.2, 0.25) is 5.91 Å². The van der Waals surface area contributed by atoms with Crippen molar-refractivity contribution in [2.24, 2.45) is 0 Å². The molecule has 7 heteroatoms. The number of rotatable bonds is 8. The van der Waals surface area contributed by atoms with Gasteiger partial charge in [-0.05, 0) is 18.2 Å². The Hall–Kier alpha value is -2.67. The van der Waals surface area contributed by atoms with Crippen molar-refractivity contribution >= 4 is 17.5 Å². The predicted octanol–water partition coefficient (Wildman–Crippen LogP) is 2.54. The van der Waals surface area contributed by atoms with E-state index in [0.29, 0.717) is 18.7 Å². The number of carbonyl (C=O) groups is 2. The summed E-state index contributed by atoms with van der Waals surface area (Å²) in [5.74, 6) is -1.13. The summed E-state index contributed by atoms with van der Waals surface area (Å²) in [7, 11) is 1.53. The standard InChI is InChI=1S/C17H19FN2O4/c1-23-11-9-20(17(22)13-7-10-24-12-13)8-6-16(21)19-15-5-3-2-4-14(15)18/h2-5,7,10,12H,6,8-9,11H2,1H3,(H,19,21). The summed E-state index contributed by atoms with van der Waals surface area (Å²) in [4.78, 5) is 25.8. The van der Waals surface area contributed by atoms with E-state index in [9.17, 15) is 14.0 Å². The van der Waals surface area contributed by atoms with Crippen molar-refractivity contribution in [3.63, 3.8) is 0 Å². The van der Waals surface area contributed by atoms with Crippen LogP contribution < -0.4 is 5.32 Å². The molecule has 6 nitrogen and oxygen atoms in total. The number of nitrogens with zero attached hydrogens (tertiary/aromatic N) is 1. The van der Waals surface area contributed by atoms with Crippen LogP contribution in [0.4, 0.5) is 10.1 Å². The molecule has 0 radical (unpaired) electrons. The van der Waals surface area contributed by atoms with Crippen LogP contribution in [0.2, 0.25) is 0 Å². The number of amides is 2. The molecule has 24 heavy (non-hydrogen) atoms. The molecule has 1 N–H and O–H groups in total. The van der Waals surface area contributed by atoms with Crippen LogP contribution in [0.15, 0.2) is 47.3 Å². The molecule has 128 valence electrons. The molecule has 0 bridgehead atoms. The lowest BCUT2D eigenvalue weighted by atomic mass is 10.2. The van der Waals surface area contributed by atoms with Crippen molar-refractivity contribution in [3.8, 4) is 0 Å². The Bertz CT molecular complexity index is 673. The first kappa shape index (κ1) is 17.7. The highest BCUT2D eigenvalue weighted by molar-refractivity contribution is 5.95. The minimum atomic E-state index is -0.503. The van der Waals surface area contributed by atoms with Gasteiger partial charge in [-0.3, -0.25) is 9.59 Å². The molecular formula is C17H19FN2O4. The van der Waals surface area contributed by atoms with Crippen LogP contribution in [0.5, 0.6) is 0 Å². The summed E-state index contributed by atoms with van der Waals surface area (Å²) >= 11 is 0. The van der Waals surface area contributed by atoms with Gasteiger partial charge < -0.3 is 19.4 Å². The van der Waals surface area contributed by atoms with Gasteiger partial charge in [-0.1, -0.05) is 12.1 Å². The van der Waals surface area contributed by atoms with Crippen molar-refractivity contribution in [2.75, 3.05) is 32.1 Å². The molecule has 0 atom stereocenters. The van der Waals surface area contributed by atoms with Crippen molar-refractivity contribution in [1.29, 1.82) is 0 Å². The molecule has 0 aliphatic carbocycles. The van der Waals surface area contributed by atoms with Gasteiger partial charge in [0.05, 0.1) is 24.1 Å². The fourth-order valence-electron chi connectivity index (χ4n) is 2.10. The van der Waals surface area contributed by atoms with E-state index in [-0.39, 0.29) is 30.5 Å². The lowest BCUT2D eigenvalue weighted by molar-refractivity contribution is -0.116. The third kappa shape index (κ3) is 4.92. The van der Waals surface area contributed by atoms with Gasteiger partial charge in [0.1, 0.15) is 12.1 Å². The van der Waals surface area contributed by atoms with Crippen LogP contribution >= 0.6 is 0 Å². The zero-order valence-corrected chi connectivity index (χ0v) is 13.3. The number of furan rings is 1.